The second-order valence-electron chi connectivity index (χ2n) is 5.56. The van der Waals surface area contributed by atoms with Crippen LogP contribution in [0.3, 0.4) is 0 Å². The van der Waals surface area contributed by atoms with Gasteiger partial charge in [-0.3, -0.25) is 5.43 Å². The average Bonchev–Trinajstić information content (AvgIpc) is 2.97. The number of rotatable bonds is 5. The van der Waals surface area contributed by atoms with Gasteiger partial charge in [-0.05, 0) is 43.4 Å². The monoisotopic (exact) mass is 399 g/mol. The smallest absolute Gasteiger partial charge is 0.191 e. The molecule has 2 aromatic carbocycles. The number of nitrogens with zero attached hydrogens (tertiary/aromatic N) is 3. The number of ether oxygens (including phenoxy) is 1. The molecule has 3 rings (SSSR count). The summed E-state index contributed by atoms with van der Waals surface area (Å²) in [5.74, 6) is 0.689. The normalized spacial score (nSPS) is 10.8. The van der Waals surface area contributed by atoms with E-state index < -0.39 is 0 Å². The van der Waals surface area contributed by atoms with Crippen LogP contribution in [0.15, 0.2) is 59.7 Å². The molecule has 0 bridgehead atoms. The standard InChI is InChI=1S/C19H18ClN5OS/c1-13-15(18(20)25(24-13)14-8-4-3-5-9-14)12-21-23-19(27)22-16-10-6-7-11-17(16)26-2/h3-12H,1-2H3,(H2,22,23,27)/b21-12-. The molecule has 0 aliphatic carbocycles. The predicted molar refractivity (Wildman–Crippen MR) is 113 cm³/mol. The molecule has 0 aliphatic rings. The summed E-state index contributed by atoms with van der Waals surface area (Å²) in [5, 5.41) is 12.5. The van der Waals surface area contributed by atoms with Gasteiger partial charge in [-0.1, -0.05) is 41.9 Å². The fraction of sp³-hybridized carbons (Fsp3) is 0.105. The maximum Gasteiger partial charge on any atom is 0.191 e. The van der Waals surface area contributed by atoms with Crippen molar-refractivity contribution in [3.05, 3.63) is 71.0 Å². The maximum absolute atomic E-state index is 6.47. The van der Waals surface area contributed by atoms with Crippen LogP contribution in [0.4, 0.5) is 5.69 Å². The third-order valence-electron chi connectivity index (χ3n) is 3.76. The van der Waals surface area contributed by atoms with E-state index in [-0.39, 0.29) is 0 Å². The molecular weight excluding hydrogens is 382 g/mol. The van der Waals surface area contributed by atoms with E-state index in [1.807, 2.05) is 61.5 Å². The number of halogens is 1. The van der Waals surface area contributed by atoms with E-state index >= 15 is 0 Å². The molecule has 0 saturated carbocycles. The Bertz CT molecular complexity index is 971. The first-order chi connectivity index (χ1) is 13.1. The molecule has 0 unspecified atom stereocenters. The maximum atomic E-state index is 6.47. The third-order valence-corrected chi connectivity index (χ3v) is 4.32. The largest absolute Gasteiger partial charge is 0.495 e. The molecule has 0 fully saturated rings. The first-order valence-electron chi connectivity index (χ1n) is 8.13. The van der Waals surface area contributed by atoms with Crippen molar-refractivity contribution in [3.63, 3.8) is 0 Å². The van der Waals surface area contributed by atoms with Crippen LogP contribution >= 0.6 is 23.8 Å². The van der Waals surface area contributed by atoms with E-state index in [0.29, 0.717) is 21.6 Å². The number of para-hydroxylation sites is 3. The Morgan fingerprint density at radius 2 is 1.89 bits per heavy atom. The lowest BCUT2D eigenvalue weighted by atomic mass is 10.3. The fourth-order valence-corrected chi connectivity index (χ4v) is 2.94. The Kier molecular flexibility index (Phi) is 6.05. The second kappa shape index (κ2) is 8.66. The van der Waals surface area contributed by atoms with Crippen molar-refractivity contribution in [2.24, 2.45) is 5.10 Å². The van der Waals surface area contributed by atoms with Crippen LogP contribution in [-0.2, 0) is 0 Å². The number of nitrogens with one attached hydrogen (secondary N) is 2. The zero-order chi connectivity index (χ0) is 19.2. The van der Waals surface area contributed by atoms with Crippen molar-refractivity contribution < 1.29 is 4.74 Å². The van der Waals surface area contributed by atoms with Gasteiger partial charge in [0, 0.05) is 0 Å². The Morgan fingerprint density at radius 1 is 1.19 bits per heavy atom. The van der Waals surface area contributed by atoms with E-state index in [1.165, 1.54) is 0 Å². The minimum Gasteiger partial charge on any atom is -0.495 e. The summed E-state index contributed by atoms with van der Waals surface area (Å²) in [4.78, 5) is 0. The van der Waals surface area contributed by atoms with Crippen molar-refractivity contribution in [3.8, 4) is 11.4 Å². The third kappa shape index (κ3) is 4.45. The highest BCUT2D eigenvalue weighted by Gasteiger charge is 2.13. The van der Waals surface area contributed by atoms with Crippen molar-refractivity contribution in [2.75, 3.05) is 12.4 Å². The van der Waals surface area contributed by atoms with E-state index in [4.69, 9.17) is 28.6 Å². The first kappa shape index (κ1) is 18.9. The molecule has 0 aliphatic heterocycles. The molecule has 6 nitrogen and oxygen atoms in total. The molecular formula is C19H18ClN5OS. The Morgan fingerprint density at radius 3 is 2.63 bits per heavy atom. The number of aryl methyl sites for hydroxylation is 1. The van der Waals surface area contributed by atoms with E-state index in [9.17, 15) is 0 Å². The predicted octanol–water partition coefficient (Wildman–Crippen LogP) is 4.16. The van der Waals surface area contributed by atoms with Crippen LogP contribution < -0.4 is 15.5 Å². The lowest BCUT2D eigenvalue weighted by Gasteiger charge is -2.10. The number of hydrazone groups is 1. The molecule has 27 heavy (non-hydrogen) atoms. The summed E-state index contributed by atoms with van der Waals surface area (Å²) in [6.07, 6.45) is 1.60. The number of hydrogen-bond acceptors (Lipinski definition) is 4. The van der Waals surface area contributed by atoms with E-state index in [1.54, 1.807) is 18.0 Å². The average molecular weight is 400 g/mol. The lowest BCUT2D eigenvalue weighted by molar-refractivity contribution is 0.417. The highest BCUT2D eigenvalue weighted by atomic mass is 35.5. The molecule has 1 aromatic heterocycles. The molecule has 2 N–H and O–H groups in total. The van der Waals surface area contributed by atoms with Gasteiger partial charge >= 0.3 is 0 Å². The molecule has 0 saturated heterocycles. The highest BCUT2D eigenvalue weighted by Crippen LogP contribution is 2.23. The van der Waals surface area contributed by atoms with Gasteiger partial charge in [0.2, 0.25) is 0 Å². The van der Waals surface area contributed by atoms with Gasteiger partial charge < -0.3 is 10.1 Å². The Hall–Kier alpha value is -2.90. The topological polar surface area (TPSA) is 63.5 Å². The minimum atomic E-state index is 0.333. The summed E-state index contributed by atoms with van der Waals surface area (Å²) in [5.41, 5.74) is 5.88. The number of anilines is 1. The van der Waals surface area contributed by atoms with Gasteiger partial charge in [-0.2, -0.15) is 10.2 Å². The summed E-state index contributed by atoms with van der Waals surface area (Å²) in [6.45, 7) is 1.87. The van der Waals surface area contributed by atoms with Crippen molar-refractivity contribution >= 4 is 40.8 Å². The lowest BCUT2D eigenvalue weighted by Crippen LogP contribution is -2.24. The second-order valence-corrected chi connectivity index (χ2v) is 6.33. The van der Waals surface area contributed by atoms with Gasteiger partial charge in [0.25, 0.3) is 0 Å². The van der Waals surface area contributed by atoms with Gasteiger partial charge in [-0.15, -0.1) is 0 Å². The van der Waals surface area contributed by atoms with E-state index in [2.05, 4.69) is 20.9 Å². The minimum absolute atomic E-state index is 0.333. The summed E-state index contributed by atoms with van der Waals surface area (Å²) in [6, 6.07) is 17.1. The number of aromatic nitrogens is 2. The number of benzene rings is 2. The SMILES string of the molecule is COc1ccccc1NC(=S)N/N=C\c1c(C)nn(-c2ccccc2)c1Cl. The Balaban J connectivity index is 1.70. The first-order valence-corrected chi connectivity index (χ1v) is 8.92. The summed E-state index contributed by atoms with van der Waals surface area (Å²) >= 11 is 11.7. The number of thiocarbonyl (C=S) groups is 1. The van der Waals surface area contributed by atoms with Crippen molar-refractivity contribution in [2.45, 2.75) is 6.92 Å². The molecule has 0 atom stereocenters. The molecule has 0 spiro atoms. The van der Waals surface area contributed by atoms with Crippen LogP contribution in [0.25, 0.3) is 5.69 Å². The van der Waals surface area contributed by atoms with Gasteiger partial charge in [0.15, 0.2) is 5.11 Å². The molecule has 138 valence electrons. The molecule has 0 radical (unpaired) electrons. The number of methoxy groups -OCH3 is 1. The Labute approximate surface area is 167 Å². The van der Waals surface area contributed by atoms with Crippen LogP contribution in [-0.4, -0.2) is 28.2 Å². The van der Waals surface area contributed by atoms with E-state index in [0.717, 1.165) is 17.1 Å². The zero-order valence-electron chi connectivity index (χ0n) is 14.8. The van der Waals surface area contributed by atoms with Crippen molar-refractivity contribution in [1.82, 2.24) is 15.2 Å². The van der Waals surface area contributed by atoms with Crippen LogP contribution in [0.5, 0.6) is 5.75 Å². The molecule has 3 aromatic rings. The van der Waals surface area contributed by atoms with Crippen LogP contribution in [0.1, 0.15) is 11.3 Å². The van der Waals surface area contributed by atoms with Gasteiger partial charge in [0.05, 0.1) is 36.0 Å². The summed E-state index contributed by atoms with van der Waals surface area (Å²) in [7, 11) is 1.60. The zero-order valence-corrected chi connectivity index (χ0v) is 16.4. The molecule has 8 heteroatoms. The van der Waals surface area contributed by atoms with Gasteiger partial charge in [0.1, 0.15) is 10.9 Å². The quantitative estimate of drug-likeness (QED) is 0.383. The number of hydrogen-bond donors (Lipinski definition) is 2. The fourth-order valence-electron chi connectivity index (χ4n) is 2.45. The molecule has 0 amide bonds. The summed E-state index contributed by atoms with van der Waals surface area (Å²) < 4.78 is 6.95. The molecule has 1 heterocycles. The van der Waals surface area contributed by atoms with Crippen LogP contribution in [0.2, 0.25) is 5.15 Å². The van der Waals surface area contributed by atoms with Crippen LogP contribution in [0, 0.1) is 6.92 Å². The van der Waals surface area contributed by atoms with Crippen molar-refractivity contribution in [1.29, 1.82) is 0 Å². The highest BCUT2D eigenvalue weighted by molar-refractivity contribution is 7.80. The van der Waals surface area contributed by atoms with Gasteiger partial charge in [-0.25, -0.2) is 4.68 Å².